The summed E-state index contributed by atoms with van der Waals surface area (Å²) in [5, 5.41) is 0. The standard InChI is InChI=1S/C16H33N.C14H27N/c1-12(2)17-15(6,7)10-13(14(3,4)5)11-16(17,8)9;1-10(2)15-12-6-7-13(15)9-11(8-12)14(3,4)5/h12-13H,10-11H2,1-9H3;10-13H,6-9H2,1-5H3. The van der Waals surface area contributed by atoms with E-state index in [9.17, 15) is 0 Å². The Labute approximate surface area is 203 Å². The van der Waals surface area contributed by atoms with Crippen molar-refractivity contribution in [3.8, 4) is 0 Å². The van der Waals surface area contributed by atoms with Gasteiger partial charge in [-0.05, 0) is 117 Å². The number of piperidine rings is 2. The maximum atomic E-state index is 2.79. The Morgan fingerprint density at radius 3 is 1.28 bits per heavy atom. The number of hydrogen-bond acceptors (Lipinski definition) is 2. The number of hydrogen-bond donors (Lipinski definition) is 0. The lowest BCUT2D eigenvalue weighted by Gasteiger charge is -2.59. The molecule has 3 heterocycles. The molecule has 0 aromatic carbocycles. The Balaban J connectivity index is 0.000000228. The first-order valence-corrected chi connectivity index (χ1v) is 13.8. The van der Waals surface area contributed by atoms with Crippen molar-refractivity contribution >= 4 is 0 Å². The smallest absolute Gasteiger partial charge is 0.0164 e. The number of fused-ring (bicyclic) bond motifs is 2. The van der Waals surface area contributed by atoms with E-state index >= 15 is 0 Å². The second-order valence-corrected chi connectivity index (χ2v) is 15.5. The SMILES string of the molecule is CC(C)N1C(C)(C)CC(C(C)(C)C)CC1(C)C.CC(C)N1C2CCC1CC(C(C)(C)C)C2. The zero-order valence-electron chi connectivity index (χ0n) is 24.6. The summed E-state index contributed by atoms with van der Waals surface area (Å²) in [7, 11) is 0. The molecule has 0 radical (unpaired) electrons. The zero-order valence-corrected chi connectivity index (χ0v) is 24.6. The Hall–Kier alpha value is -0.0800. The van der Waals surface area contributed by atoms with Crippen LogP contribution in [0.3, 0.4) is 0 Å². The normalized spacial score (nSPS) is 31.7. The van der Waals surface area contributed by atoms with Gasteiger partial charge in [0.1, 0.15) is 0 Å². The van der Waals surface area contributed by atoms with Crippen LogP contribution in [-0.4, -0.2) is 45.0 Å². The first-order valence-electron chi connectivity index (χ1n) is 13.8. The van der Waals surface area contributed by atoms with E-state index in [1.54, 1.807) is 0 Å². The molecule has 0 aromatic rings. The van der Waals surface area contributed by atoms with Crippen LogP contribution in [0.15, 0.2) is 0 Å². The van der Waals surface area contributed by atoms with E-state index in [4.69, 9.17) is 0 Å². The predicted molar refractivity (Wildman–Crippen MR) is 143 cm³/mol. The minimum atomic E-state index is 0.313. The molecule has 2 atom stereocenters. The molecule has 0 aromatic heterocycles. The molecule has 2 bridgehead atoms. The third kappa shape index (κ3) is 6.32. The second-order valence-electron chi connectivity index (χ2n) is 15.5. The minimum Gasteiger partial charge on any atom is -0.295 e. The van der Waals surface area contributed by atoms with Crippen LogP contribution in [0.4, 0.5) is 0 Å². The van der Waals surface area contributed by atoms with Crippen molar-refractivity contribution in [2.24, 2.45) is 22.7 Å². The van der Waals surface area contributed by atoms with Crippen LogP contribution in [0.1, 0.15) is 135 Å². The van der Waals surface area contributed by atoms with Gasteiger partial charge in [-0.15, -0.1) is 0 Å². The average molecular weight is 449 g/mol. The van der Waals surface area contributed by atoms with E-state index < -0.39 is 0 Å². The Kier molecular flexibility index (Phi) is 8.38. The molecule has 0 amide bonds. The summed E-state index contributed by atoms with van der Waals surface area (Å²) < 4.78 is 0. The maximum absolute atomic E-state index is 2.79. The fraction of sp³-hybridized carbons (Fsp3) is 1.00. The fourth-order valence-corrected chi connectivity index (χ4v) is 8.07. The largest absolute Gasteiger partial charge is 0.295 e. The molecule has 0 N–H and O–H groups in total. The van der Waals surface area contributed by atoms with Gasteiger partial charge in [-0.3, -0.25) is 9.80 Å². The summed E-state index contributed by atoms with van der Waals surface area (Å²) in [6, 6.07) is 3.17. The molecule has 3 rings (SSSR count). The van der Waals surface area contributed by atoms with Gasteiger partial charge in [-0.25, -0.2) is 0 Å². The number of nitrogens with zero attached hydrogens (tertiary/aromatic N) is 2. The van der Waals surface area contributed by atoms with Gasteiger partial charge < -0.3 is 0 Å². The molecule has 190 valence electrons. The van der Waals surface area contributed by atoms with E-state index in [1.165, 1.54) is 38.5 Å². The van der Waals surface area contributed by atoms with Crippen molar-refractivity contribution in [3.63, 3.8) is 0 Å². The zero-order chi connectivity index (χ0) is 24.9. The lowest BCUT2D eigenvalue weighted by molar-refractivity contribution is -0.0927. The highest BCUT2D eigenvalue weighted by atomic mass is 15.3. The molecule has 3 fully saturated rings. The third-order valence-electron chi connectivity index (χ3n) is 9.15. The van der Waals surface area contributed by atoms with E-state index in [0.717, 1.165) is 30.0 Å². The highest BCUT2D eigenvalue weighted by Gasteiger charge is 2.48. The summed E-state index contributed by atoms with van der Waals surface area (Å²) in [6.07, 6.45) is 8.43. The predicted octanol–water partition coefficient (Wildman–Crippen LogP) is 8.39. The second kappa shape index (κ2) is 9.52. The van der Waals surface area contributed by atoms with Crippen molar-refractivity contribution in [2.75, 3.05) is 0 Å². The quantitative estimate of drug-likeness (QED) is 0.418. The monoisotopic (exact) mass is 448 g/mol. The van der Waals surface area contributed by atoms with Crippen molar-refractivity contribution in [1.29, 1.82) is 0 Å². The van der Waals surface area contributed by atoms with Gasteiger partial charge in [0.2, 0.25) is 0 Å². The van der Waals surface area contributed by atoms with Gasteiger partial charge in [0.15, 0.2) is 0 Å². The number of likely N-dealkylation sites (tertiary alicyclic amines) is 1. The first-order chi connectivity index (χ1) is 14.3. The van der Waals surface area contributed by atoms with E-state index in [0.29, 0.717) is 27.9 Å². The van der Waals surface area contributed by atoms with E-state index in [2.05, 4.69) is 107 Å². The molecular weight excluding hydrogens is 388 g/mol. The summed E-state index contributed by atoms with van der Waals surface area (Å²) in [5.74, 6) is 1.77. The van der Waals surface area contributed by atoms with Gasteiger partial charge in [-0.2, -0.15) is 0 Å². The lowest BCUT2D eigenvalue weighted by Crippen LogP contribution is -2.64. The molecule has 0 spiro atoms. The minimum absolute atomic E-state index is 0.313. The van der Waals surface area contributed by atoms with Gasteiger partial charge in [0.05, 0.1) is 0 Å². The van der Waals surface area contributed by atoms with Crippen molar-refractivity contribution in [2.45, 2.75) is 171 Å². The molecule has 32 heavy (non-hydrogen) atoms. The van der Waals surface area contributed by atoms with E-state index in [1.807, 2.05) is 0 Å². The molecule has 3 aliphatic heterocycles. The fourth-order valence-electron chi connectivity index (χ4n) is 8.07. The van der Waals surface area contributed by atoms with Crippen LogP contribution >= 0.6 is 0 Å². The van der Waals surface area contributed by atoms with E-state index in [-0.39, 0.29) is 0 Å². The Morgan fingerprint density at radius 2 is 1.00 bits per heavy atom. The first kappa shape index (κ1) is 28.2. The summed E-state index contributed by atoms with van der Waals surface area (Å²) >= 11 is 0. The summed E-state index contributed by atoms with van der Waals surface area (Å²) in [5.41, 5.74) is 1.57. The summed E-state index contributed by atoms with van der Waals surface area (Å²) in [4.78, 5) is 5.52. The molecule has 2 nitrogen and oxygen atoms in total. The van der Waals surface area contributed by atoms with Gasteiger partial charge in [0.25, 0.3) is 0 Å². The van der Waals surface area contributed by atoms with Crippen LogP contribution in [-0.2, 0) is 0 Å². The topological polar surface area (TPSA) is 6.48 Å². The molecule has 0 aliphatic carbocycles. The lowest BCUT2D eigenvalue weighted by atomic mass is 9.64. The highest BCUT2D eigenvalue weighted by Crippen LogP contribution is 2.48. The van der Waals surface area contributed by atoms with Crippen molar-refractivity contribution in [3.05, 3.63) is 0 Å². The van der Waals surface area contributed by atoms with Gasteiger partial charge in [0, 0.05) is 35.2 Å². The molecular formula is C30H60N2. The van der Waals surface area contributed by atoms with Crippen LogP contribution in [0, 0.1) is 22.7 Å². The van der Waals surface area contributed by atoms with Crippen LogP contribution in [0.2, 0.25) is 0 Å². The van der Waals surface area contributed by atoms with Gasteiger partial charge in [-0.1, -0.05) is 41.5 Å². The van der Waals surface area contributed by atoms with Crippen LogP contribution in [0.25, 0.3) is 0 Å². The molecule has 3 saturated heterocycles. The molecule has 0 saturated carbocycles. The van der Waals surface area contributed by atoms with Gasteiger partial charge >= 0.3 is 0 Å². The third-order valence-corrected chi connectivity index (χ3v) is 9.15. The summed E-state index contributed by atoms with van der Waals surface area (Å²) in [6.45, 7) is 33.5. The molecule has 3 aliphatic rings. The molecule has 2 heteroatoms. The van der Waals surface area contributed by atoms with Crippen LogP contribution < -0.4 is 0 Å². The van der Waals surface area contributed by atoms with Crippen LogP contribution in [0.5, 0.6) is 0 Å². The van der Waals surface area contributed by atoms with Crippen molar-refractivity contribution < 1.29 is 0 Å². The Bertz CT molecular complexity index is 569. The highest BCUT2D eigenvalue weighted by molar-refractivity contribution is 5.03. The number of rotatable bonds is 2. The van der Waals surface area contributed by atoms with Crippen molar-refractivity contribution in [1.82, 2.24) is 9.80 Å². The Morgan fingerprint density at radius 1 is 0.625 bits per heavy atom. The average Bonchev–Trinajstić information content (AvgIpc) is 2.81. The maximum Gasteiger partial charge on any atom is 0.0164 e. The molecule has 2 unspecified atom stereocenters.